The van der Waals surface area contributed by atoms with Gasteiger partial charge in [0.15, 0.2) is 5.60 Å². The lowest BCUT2D eigenvalue weighted by molar-refractivity contribution is -0.136. The molecule has 0 fully saturated rings. The van der Waals surface area contributed by atoms with E-state index in [0.29, 0.717) is 23.5 Å². The minimum absolute atomic E-state index is 0.430. The highest BCUT2D eigenvalue weighted by atomic mass is 79.9. The standard InChI is InChI=1S/C28H22Br2N2O3/c29-24-16-21(17-25(30)26(24)35-19-20-10-4-1-5-11-20)18-31-32-27(33)28(34,22-12-6-2-7-13-22)23-14-8-3-9-15-23/h1-18,34H,19H2,(H,32,33)/b31-18+. The SMILES string of the molecule is O=C(N/N=C/c1cc(Br)c(OCc2ccccc2)c(Br)c1)C(O)(c1ccccc1)c1ccccc1. The Kier molecular flexibility index (Phi) is 8.13. The molecule has 2 N–H and O–H groups in total. The van der Waals surface area contributed by atoms with Crippen molar-refractivity contribution in [1.29, 1.82) is 0 Å². The molecule has 176 valence electrons. The lowest BCUT2D eigenvalue weighted by Gasteiger charge is -2.27. The highest BCUT2D eigenvalue weighted by Gasteiger charge is 2.39. The molecule has 0 saturated carbocycles. The van der Waals surface area contributed by atoms with E-state index in [4.69, 9.17) is 4.74 Å². The summed E-state index contributed by atoms with van der Waals surface area (Å²) in [4.78, 5) is 13.2. The molecular formula is C28H22Br2N2O3. The smallest absolute Gasteiger partial charge is 0.281 e. The molecule has 1 amide bonds. The zero-order valence-corrected chi connectivity index (χ0v) is 21.7. The predicted molar refractivity (Wildman–Crippen MR) is 144 cm³/mol. The molecule has 0 atom stereocenters. The molecule has 0 bridgehead atoms. The van der Waals surface area contributed by atoms with Crippen molar-refractivity contribution < 1.29 is 14.6 Å². The number of nitrogens with one attached hydrogen (secondary N) is 1. The van der Waals surface area contributed by atoms with Crippen LogP contribution in [0.3, 0.4) is 0 Å². The fourth-order valence-electron chi connectivity index (χ4n) is 3.56. The van der Waals surface area contributed by atoms with Gasteiger partial charge in [-0.2, -0.15) is 5.10 Å². The first kappa shape index (κ1) is 24.9. The van der Waals surface area contributed by atoms with E-state index in [1.54, 1.807) is 48.5 Å². The van der Waals surface area contributed by atoms with Crippen LogP contribution < -0.4 is 10.2 Å². The number of carbonyl (C=O) groups is 1. The van der Waals surface area contributed by atoms with E-state index in [1.165, 1.54) is 6.21 Å². The largest absolute Gasteiger partial charge is 0.487 e. The van der Waals surface area contributed by atoms with Gasteiger partial charge in [0.25, 0.3) is 5.91 Å². The summed E-state index contributed by atoms with van der Waals surface area (Å²) in [5.74, 6) is 0.00432. The molecule has 5 nitrogen and oxygen atoms in total. The number of hydrazone groups is 1. The minimum Gasteiger partial charge on any atom is -0.487 e. The number of aliphatic hydroxyl groups is 1. The Morgan fingerprint density at radius 1 is 0.857 bits per heavy atom. The second kappa shape index (κ2) is 11.4. The van der Waals surface area contributed by atoms with Gasteiger partial charge in [-0.25, -0.2) is 5.43 Å². The molecule has 35 heavy (non-hydrogen) atoms. The van der Waals surface area contributed by atoms with Gasteiger partial charge in [-0.1, -0.05) is 91.0 Å². The Labute approximate surface area is 220 Å². The van der Waals surface area contributed by atoms with Crippen molar-refractivity contribution in [3.05, 3.63) is 134 Å². The number of halogens is 2. The molecule has 4 aromatic rings. The first-order valence-corrected chi connectivity index (χ1v) is 12.4. The maximum absolute atomic E-state index is 13.2. The first-order chi connectivity index (χ1) is 17.0. The lowest BCUT2D eigenvalue weighted by atomic mass is 9.85. The monoisotopic (exact) mass is 592 g/mol. The highest BCUT2D eigenvalue weighted by molar-refractivity contribution is 9.11. The van der Waals surface area contributed by atoms with Crippen molar-refractivity contribution in [3.8, 4) is 5.75 Å². The van der Waals surface area contributed by atoms with E-state index in [-0.39, 0.29) is 0 Å². The van der Waals surface area contributed by atoms with Gasteiger partial charge in [-0.15, -0.1) is 0 Å². The lowest BCUT2D eigenvalue weighted by Crippen LogP contribution is -2.43. The van der Waals surface area contributed by atoms with Crippen molar-refractivity contribution in [1.82, 2.24) is 5.43 Å². The van der Waals surface area contributed by atoms with Crippen LogP contribution in [-0.2, 0) is 17.0 Å². The average molecular weight is 594 g/mol. The summed E-state index contributed by atoms with van der Waals surface area (Å²) >= 11 is 7.08. The van der Waals surface area contributed by atoms with Crippen LogP contribution in [-0.4, -0.2) is 17.2 Å². The highest BCUT2D eigenvalue weighted by Crippen LogP contribution is 2.35. The molecule has 0 radical (unpaired) electrons. The zero-order chi connectivity index (χ0) is 24.7. The maximum atomic E-state index is 13.2. The van der Waals surface area contributed by atoms with E-state index < -0.39 is 11.5 Å². The van der Waals surface area contributed by atoms with Gasteiger partial charge < -0.3 is 9.84 Å². The summed E-state index contributed by atoms with van der Waals surface area (Å²) in [5, 5.41) is 15.6. The second-order valence-corrected chi connectivity index (χ2v) is 9.44. The van der Waals surface area contributed by atoms with Crippen molar-refractivity contribution in [2.45, 2.75) is 12.2 Å². The van der Waals surface area contributed by atoms with Crippen LogP contribution in [0.25, 0.3) is 0 Å². The van der Waals surface area contributed by atoms with Gasteiger partial charge in [-0.05, 0) is 66.2 Å². The van der Waals surface area contributed by atoms with Gasteiger partial charge in [0.2, 0.25) is 0 Å². The Hall–Kier alpha value is -3.26. The van der Waals surface area contributed by atoms with Gasteiger partial charge in [0, 0.05) is 0 Å². The van der Waals surface area contributed by atoms with Crippen LogP contribution in [0.2, 0.25) is 0 Å². The summed E-state index contributed by atoms with van der Waals surface area (Å²) < 4.78 is 7.43. The number of carbonyl (C=O) groups excluding carboxylic acids is 1. The Balaban J connectivity index is 1.50. The van der Waals surface area contributed by atoms with Crippen LogP contribution >= 0.6 is 31.9 Å². The molecule has 0 aliphatic heterocycles. The summed E-state index contributed by atoms with van der Waals surface area (Å²) in [7, 11) is 0. The molecule has 0 saturated heterocycles. The molecule has 4 rings (SSSR count). The summed E-state index contributed by atoms with van der Waals surface area (Å²) in [6.45, 7) is 0.430. The molecule has 0 unspecified atom stereocenters. The van der Waals surface area contributed by atoms with E-state index in [0.717, 1.165) is 20.1 Å². The number of rotatable bonds is 8. The molecule has 7 heteroatoms. The third-order valence-electron chi connectivity index (χ3n) is 5.34. The maximum Gasteiger partial charge on any atom is 0.281 e. The summed E-state index contributed by atoms with van der Waals surface area (Å²) in [6.07, 6.45) is 1.50. The summed E-state index contributed by atoms with van der Waals surface area (Å²) in [5.41, 5.74) is 3.27. The molecule has 4 aromatic carbocycles. The first-order valence-electron chi connectivity index (χ1n) is 10.8. The van der Waals surface area contributed by atoms with Crippen LogP contribution in [0.5, 0.6) is 5.75 Å². The number of benzene rings is 4. The average Bonchev–Trinajstić information content (AvgIpc) is 2.89. The normalized spacial score (nSPS) is 11.4. The van der Waals surface area contributed by atoms with Crippen molar-refractivity contribution in [2.24, 2.45) is 5.10 Å². The zero-order valence-electron chi connectivity index (χ0n) is 18.6. The molecule has 0 aliphatic carbocycles. The molecule has 0 heterocycles. The fourth-order valence-corrected chi connectivity index (χ4v) is 5.01. The summed E-state index contributed by atoms with van der Waals surface area (Å²) in [6, 6.07) is 31.1. The van der Waals surface area contributed by atoms with E-state index in [2.05, 4.69) is 42.4 Å². The van der Waals surface area contributed by atoms with Crippen molar-refractivity contribution in [2.75, 3.05) is 0 Å². The van der Waals surface area contributed by atoms with Gasteiger partial charge in [-0.3, -0.25) is 4.79 Å². The van der Waals surface area contributed by atoms with E-state index in [1.807, 2.05) is 54.6 Å². The number of amides is 1. The number of ether oxygens (including phenoxy) is 1. The number of hydrogen-bond acceptors (Lipinski definition) is 4. The topological polar surface area (TPSA) is 70.9 Å². The Morgan fingerprint density at radius 2 is 1.34 bits per heavy atom. The van der Waals surface area contributed by atoms with Crippen molar-refractivity contribution in [3.63, 3.8) is 0 Å². The Morgan fingerprint density at radius 3 is 1.86 bits per heavy atom. The molecule has 0 spiro atoms. The Bertz CT molecular complexity index is 1250. The predicted octanol–water partition coefficient (Wildman–Crippen LogP) is 6.18. The van der Waals surface area contributed by atoms with Crippen LogP contribution in [0.1, 0.15) is 22.3 Å². The van der Waals surface area contributed by atoms with E-state index in [9.17, 15) is 9.90 Å². The van der Waals surface area contributed by atoms with Crippen LogP contribution in [0.15, 0.2) is 117 Å². The van der Waals surface area contributed by atoms with Crippen molar-refractivity contribution >= 4 is 44.0 Å². The van der Waals surface area contributed by atoms with Crippen LogP contribution in [0.4, 0.5) is 0 Å². The van der Waals surface area contributed by atoms with Gasteiger partial charge >= 0.3 is 0 Å². The fraction of sp³-hybridized carbons (Fsp3) is 0.0714. The third-order valence-corrected chi connectivity index (χ3v) is 6.52. The van der Waals surface area contributed by atoms with Crippen LogP contribution in [0, 0.1) is 0 Å². The number of hydrogen-bond donors (Lipinski definition) is 2. The minimum atomic E-state index is -1.89. The quantitative estimate of drug-likeness (QED) is 0.189. The molecular weight excluding hydrogens is 572 g/mol. The number of nitrogens with zero attached hydrogens (tertiary/aromatic N) is 1. The molecule has 0 aromatic heterocycles. The third kappa shape index (κ3) is 5.88. The second-order valence-electron chi connectivity index (χ2n) is 7.73. The van der Waals surface area contributed by atoms with E-state index >= 15 is 0 Å². The molecule has 0 aliphatic rings. The van der Waals surface area contributed by atoms with Gasteiger partial charge in [0.1, 0.15) is 12.4 Å². The van der Waals surface area contributed by atoms with Gasteiger partial charge in [0.05, 0.1) is 15.2 Å².